The first-order valence-electron chi connectivity index (χ1n) is 9.72. The zero-order chi connectivity index (χ0) is 21.6. The summed E-state index contributed by atoms with van der Waals surface area (Å²) < 4.78 is 49.1. The van der Waals surface area contributed by atoms with Gasteiger partial charge >= 0.3 is 12.1 Å². The molecule has 2 aromatic rings. The fourth-order valence-electron chi connectivity index (χ4n) is 3.22. The summed E-state index contributed by atoms with van der Waals surface area (Å²) in [4.78, 5) is 24.1. The summed E-state index contributed by atoms with van der Waals surface area (Å²) in [5, 5.41) is 2.43. The third-order valence-electron chi connectivity index (χ3n) is 4.77. The standard InChI is InChI=1S/C22H22F3NO4/c23-22(24,25)16-5-4-6-17(13-16)26-21(28)15-9-11-18(12-10-15)29-14-20(27)30-19-7-2-1-3-8-19/h4-6,9-13,19H,1-3,7-8,14H2,(H,26,28). The Balaban J connectivity index is 1.51. The van der Waals surface area contributed by atoms with Gasteiger partial charge in [-0.05, 0) is 68.1 Å². The molecule has 30 heavy (non-hydrogen) atoms. The summed E-state index contributed by atoms with van der Waals surface area (Å²) in [6, 6.07) is 10.3. The van der Waals surface area contributed by atoms with Crippen LogP contribution in [0.15, 0.2) is 48.5 Å². The van der Waals surface area contributed by atoms with Crippen LogP contribution in [0.1, 0.15) is 48.0 Å². The van der Waals surface area contributed by atoms with Crippen LogP contribution in [0.4, 0.5) is 18.9 Å². The van der Waals surface area contributed by atoms with Crippen molar-refractivity contribution in [3.8, 4) is 5.75 Å². The van der Waals surface area contributed by atoms with Crippen LogP contribution < -0.4 is 10.1 Å². The van der Waals surface area contributed by atoms with Crippen LogP contribution in [0, 0.1) is 0 Å². The van der Waals surface area contributed by atoms with Crippen molar-refractivity contribution in [3.63, 3.8) is 0 Å². The number of benzene rings is 2. The van der Waals surface area contributed by atoms with E-state index < -0.39 is 23.6 Å². The summed E-state index contributed by atoms with van der Waals surface area (Å²) >= 11 is 0. The fraction of sp³-hybridized carbons (Fsp3) is 0.364. The molecule has 0 aliphatic heterocycles. The lowest BCUT2D eigenvalue weighted by molar-refractivity contribution is -0.152. The Morgan fingerprint density at radius 2 is 1.70 bits per heavy atom. The van der Waals surface area contributed by atoms with Gasteiger partial charge in [0.2, 0.25) is 0 Å². The van der Waals surface area contributed by atoms with Crippen LogP contribution >= 0.6 is 0 Å². The highest BCUT2D eigenvalue weighted by Crippen LogP contribution is 2.30. The van der Waals surface area contributed by atoms with Gasteiger partial charge in [-0.2, -0.15) is 13.2 Å². The average molecular weight is 421 g/mol. The van der Waals surface area contributed by atoms with Gasteiger partial charge in [0.05, 0.1) is 5.56 Å². The third kappa shape index (κ3) is 6.23. The molecular formula is C22H22F3NO4. The SMILES string of the molecule is O=C(COc1ccc(C(=O)Nc2cccc(C(F)(F)F)c2)cc1)OC1CCCCC1. The molecule has 1 aliphatic rings. The highest BCUT2D eigenvalue weighted by molar-refractivity contribution is 6.04. The van der Waals surface area contributed by atoms with Crippen molar-refractivity contribution >= 4 is 17.6 Å². The number of nitrogens with one attached hydrogen (secondary N) is 1. The van der Waals surface area contributed by atoms with E-state index in [2.05, 4.69) is 5.32 Å². The van der Waals surface area contributed by atoms with Crippen LogP contribution in [0.3, 0.4) is 0 Å². The molecule has 1 saturated carbocycles. The van der Waals surface area contributed by atoms with Gasteiger partial charge < -0.3 is 14.8 Å². The smallest absolute Gasteiger partial charge is 0.416 e. The minimum Gasteiger partial charge on any atom is -0.482 e. The lowest BCUT2D eigenvalue weighted by Gasteiger charge is -2.21. The summed E-state index contributed by atoms with van der Waals surface area (Å²) in [6.07, 6.45) is 0.502. The number of hydrogen-bond donors (Lipinski definition) is 1. The highest BCUT2D eigenvalue weighted by atomic mass is 19.4. The van der Waals surface area contributed by atoms with Gasteiger partial charge in [0, 0.05) is 11.3 Å². The molecule has 2 aromatic carbocycles. The first-order valence-corrected chi connectivity index (χ1v) is 9.72. The molecule has 0 bridgehead atoms. The summed E-state index contributed by atoms with van der Waals surface area (Å²) in [5.74, 6) is -0.614. The minimum atomic E-state index is -4.49. The van der Waals surface area contributed by atoms with Crippen molar-refractivity contribution in [1.29, 1.82) is 0 Å². The number of halogens is 3. The number of carbonyl (C=O) groups is 2. The third-order valence-corrected chi connectivity index (χ3v) is 4.77. The molecule has 1 amide bonds. The normalized spacial score (nSPS) is 14.8. The topological polar surface area (TPSA) is 64.6 Å². The Morgan fingerprint density at radius 3 is 2.37 bits per heavy atom. The number of carbonyl (C=O) groups excluding carboxylic acids is 2. The minimum absolute atomic E-state index is 0.0422. The molecular weight excluding hydrogens is 399 g/mol. The molecule has 1 N–H and O–H groups in total. The second kappa shape index (κ2) is 9.65. The quantitative estimate of drug-likeness (QED) is 0.650. The van der Waals surface area contributed by atoms with Crippen molar-refractivity contribution in [2.75, 3.05) is 11.9 Å². The summed E-state index contributed by atoms with van der Waals surface area (Å²) in [5.41, 5.74) is -0.561. The van der Waals surface area contributed by atoms with Crippen LogP contribution in [-0.2, 0) is 15.7 Å². The van der Waals surface area contributed by atoms with Crippen LogP contribution in [0.2, 0.25) is 0 Å². The maximum atomic E-state index is 12.8. The van der Waals surface area contributed by atoms with E-state index in [1.54, 1.807) is 0 Å². The van der Waals surface area contributed by atoms with Crippen LogP contribution in [-0.4, -0.2) is 24.6 Å². The molecule has 0 unspecified atom stereocenters. The molecule has 0 saturated heterocycles. The molecule has 0 aromatic heterocycles. The van der Waals surface area contributed by atoms with Crippen molar-refractivity contribution in [1.82, 2.24) is 0 Å². The molecule has 1 fully saturated rings. The van der Waals surface area contributed by atoms with E-state index in [0.29, 0.717) is 5.75 Å². The van der Waals surface area contributed by atoms with Gasteiger partial charge in [-0.1, -0.05) is 12.5 Å². The first-order chi connectivity index (χ1) is 14.3. The van der Waals surface area contributed by atoms with Gasteiger partial charge in [0.25, 0.3) is 5.91 Å². The predicted molar refractivity (Wildman–Crippen MR) is 104 cm³/mol. The summed E-state index contributed by atoms with van der Waals surface area (Å²) in [6.45, 7) is -0.230. The molecule has 0 spiro atoms. The Morgan fingerprint density at radius 1 is 1.00 bits per heavy atom. The van der Waals surface area contributed by atoms with E-state index in [1.165, 1.54) is 36.4 Å². The van der Waals surface area contributed by atoms with Gasteiger partial charge in [0.1, 0.15) is 11.9 Å². The second-order valence-corrected chi connectivity index (χ2v) is 7.10. The van der Waals surface area contributed by atoms with Gasteiger partial charge in [-0.15, -0.1) is 0 Å². The first kappa shape index (κ1) is 21.7. The van der Waals surface area contributed by atoms with Gasteiger partial charge in [0.15, 0.2) is 6.61 Å². The van der Waals surface area contributed by atoms with Crippen LogP contribution in [0.5, 0.6) is 5.75 Å². The van der Waals surface area contributed by atoms with Crippen molar-refractivity contribution in [2.24, 2.45) is 0 Å². The zero-order valence-corrected chi connectivity index (χ0v) is 16.2. The van der Waals surface area contributed by atoms with Gasteiger partial charge in [-0.3, -0.25) is 4.79 Å². The molecule has 0 heterocycles. The number of alkyl halides is 3. The monoisotopic (exact) mass is 421 g/mol. The molecule has 8 heteroatoms. The van der Waals surface area contributed by atoms with Crippen LogP contribution in [0.25, 0.3) is 0 Å². The Bertz CT molecular complexity index is 875. The Hall–Kier alpha value is -3.03. The lowest BCUT2D eigenvalue weighted by atomic mass is 9.98. The number of anilines is 1. The number of hydrogen-bond acceptors (Lipinski definition) is 4. The van der Waals surface area contributed by atoms with Gasteiger partial charge in [-0.25, -0.2) is 4.79 Å². The zero-order valence-electron chi connectivity index (χ0n) is 16.2. The van der Waals surface area contributed by atoms with E-state index in [4.69, 9.17) is 9.47 Å². The van der Waals surface area contributed by atoms with Crippen molar-refractivity contribution < 1.29 is 32.2 Å². The number of ether oxygens (including phenoxy) is 2. The lowest BCUT2D eigenvalue weighted by Crippen LogP contribution is -2.24. The molecule has 0 radical (unpaired) electrons. The number of esters is 1. The Labute approximate surface area is 172 Å². The van der Waals surface area contributed by atoms with E-state index >= 15 is 0 Å². The average Bonchev–Trinajstić information content (AvgIpc) is 2.73. The molecule has 3 rings (SSSR count). The van der Waals surface area contributed by atoms with E-state index in [9.17, 15) is 22.8 Å². The van der Waals surface area contributed by atoms with Crippen molar-refractivity contribution in [2.45, 2.75) is 44.4 Å². The molecule has 0 atom stereocenters. The molecule has 160 valence electrons. The Kier molecular flexibility index (Phi) is 6.97. The van der Waals surface area contributed by atoms with Crippen molar-refractivity contribution in [3.05, 3.63) is 59.7 Å². The second-order valence-electron chi connectivity index (χ2n) is 7.10. The predicted octanol–water partition coefficient (Wildman–Crippen LogP) is 5.21. The number of amides is 1. The largest absolute Gasteiger partial charge is 0.482 e. The maximum absolute atomic E-state index is 12.8. The van der Waals surface area contributed by atoms with E-state index in [-0.39, 0.29) is 24.0 Å². The highest BCUT2D eigenvalue weighted by Gasteiger charge is 2.30. The van der Waals surface area contributed by atoms with E-state index in [0.717, 1.165) is 44.2 Å². The van der Waals surface area contributed by atoms with E-state index in [1.807, 2.05) is 0 Å². The molecule has 5 nitrogen and oxygen atoms in total. The molecule has 1 aliphatic carbocycles. The maximum Gasteiger partial charge on any atom is 0.416 e. The summed E-state index contributed by atoms with van der Waals surface area (Å²) in [7, 11) is 0. The number of rotatable bonds is 6. The fourth-order valence-corrected chi connectivity index (χ4v) is 3.22.